The highest BCUT2D eigenvalue weighted by molar-refractivity contribution is 6.32. The van der Waals surface area contributed by atoms with Crippen LogP contribution in [-0.2, 0) is 6.61 Å². The van der Waals surface area contributed by atoms with E-state index in [-0.39, 0.29) is 6.61 Å². The third-order valence-corrected chi connectivity index (χ3v) is 2.36. The van der Waals surface area contributed by atoms with Crippen molar-refractivity contribution < 1.29 is 5.11 Å². The molecule has 0 atom stereocenters. The highest BCUT2D eigenvalue weighted by atomic mass is 35.5. The maximum Gasteiger partial charge on any atom is 0.0696 e. The van der Waals surface area contributed by atoms with Gasteiger partial charge in [-0.2, -0.15) is 0 Å². The number of halogens is 1. The van der Waals surface area contributed by atoms with Gasteiger partial charge < -0.3 is 5.11 Å². The van der Waals surface area contributed by atoms with Gasteiger partial charge in [0.1, 0.15) is 0 Å². The van der Waals surface area contributed by atoms with Gasteiger partial charge in [0.2, 0.25) is 0 Å². The maximum atomic E-state index is 8.94. The summed E-state index contributed by atoms with van der Waals surface area (Å²) < 4.78 is 0. The van der Waals surface area contributed by atoms with E-state index in [0.29, 0.717) is 10.9 Å². The Labute approximate surface area is 78.0 Å². The van der Waals surface area contributed by atoms with Gasteiger partial charge in [0, 0.05) is 5.02 Å². The molecule has 1 N–H and O–H groups in total. The van der Waals surface area contributed by atoms with Gasteiger partial charge in [0.05, 0.1) is 6.61 Å². The zero-order valence-corrected chi connectivity index (χ0v) is 8.10. The zero-order valence-electron chi connectivity index (χ0n) is 7.34. The van der Waals surface area contributed by atoms with Crippen LogP contribution >= 0.6 is 11.6 Å². The van der Waals surface area contributed by atoms with Crippen molar-refractivity contribution in [3.05, 3.63) is 34.3 Å². The Bertz CT molecular complexity index is 269. The van der Waals surface area contributed by atoms with E-state index in [1.165, 1.54) is 0 Å². The molecule has 0 heterocycles. The van der Waals surface area contributed by atoms with Gasteiger partial charge >= 0.3 is 0 Å². The van der Waals surface area contributed by atoms with Crippen molar-refractivity contribution in [2.75, 3.05) is 0 Å². The van der Waals surface area contributed by atoms with Crippen LogP contribution in [0.3, 0.4) is 0 Å². The molecular weight excluding hydrogens is 172 g/mol. The molecule has 66 valence electrons. The number of hydrogen-bond acceptors (Lipinski definition) is 1. The Balaban J connectivity index is 3.14. The fraction of sp³-hybridized carbons (Fsp3) is 0.400. The molecule has 0 aliphatic rings. The third-order valence-electron chi connectivity index (χ3n) is 1.90. The molecule has 1 aromatic carbocycles. The molecule has 1 nitrogen and oxygen atoms in total. The first-order valence-corrected chi connectivity index (χ1v) is 4.42. The SMILES string of the molecule is CC(C)c1cccc(CO)c1Cl. The van der Waals surface area contributed by atoms with Crippen molar-refractivity contribution in [2.45, 2.75) is 26.4 Å². The van der Waals surface area contributed by atoms with Crippen LogP contribution in [0.25, 0.3) is 0 Å². The van der Waals surface area contributed by atoms with E-state index in [0.717, 1.165) is 11.1 Å². The van der Waals surface area contributed by atoms with Crippen LogP contribution < -0.4 is 0 Å². The maximum absolute atomic E-state index is 8.94. The van der Waals surface area contributed by atoms with Crippen LogP contribution in [0.15, 0.2) is 18.2 Å². The average molecular weight is 185 g/mol. The summed E-state index contributed by atoms with van der Waals surface area (Å²) in [7, 11) is 0. The fourth-order valence-corrected chi connectivity index (χ4v) is 1.57. The lowest BCUT2D eigenvalue weighted by Gasteiger charge is -2.10. The lowest BCUT2D eigenvalue weighted by Crippen LogP contribution is -1.93. The standard InChI is InChI=1S/C10H13ClO/c1-7(2)9-5-3-4-8(6-12)10(9)11/h3-5,7,12H,6H2,1-2H3. The van der Waals surface area contributed by atoms with Gasteiger partial charge in [0.15, 0.2) is 0 Å². The Hall–Kier alpha value is -0.530. The summed E-state index contributed by atoms with van der Waals surface area (Å²) in [6.45, 7) is 4.18. The summed E-state index contributed by atoms with van der Waals surface area (Å²) in [6.07, 6.45) is 0. The minimum atomic E-state index is 0.0133. The summed E-state index contributed by atoms with van der Waals surface area (Å²) >= 11 is 6.04. The lowest BCUT2D eigenvalue weighted by molar-refractivity contribution is 0.282. The molecule has 0 aromatic heterocycles. The number of hydrogen-bond donors (Lipinski definition) is 1. The molecule has 0 fully saturated rings. The number of rotatable bonds is 2. The van der Waals surface area contributed by atoms with Crippen molar-refractivity contribution in [1.82, 2.24) is 0 Å². The van der Waals surface area contributed by atoms with E-state index < -0.39 is 0 Å². The van der Waals surface area contributed by atoms with Gasteiger partial charge in [-0.25, -0.2) is 0 Å². The molecule has 1 rings (SSSR count). The third kappa shape index (κ3) is 1.79. The molecule has 0 saturated heterocycles. The van der Waals surface area contributed by atoms with E-state index in [1.807, 2.05) is 18.2 Å². The van der Waals surface area contributed by atoms with Crippen molar-refractivity contribution in [3.63, 3.8) is 0 Å². The van der Waals surface area contributed by atoms with Gasteiger partial charge in [-0.05, 0) is 17.0 Å². The number of aliphatic hydroxyl groups excluding tert-OH is 1. The van der Waals surface area contributed by atoms with Crippen LogP contribution in [-0.4, -0.2) is 5.11 Å². The molecule has 0 radical (unpaired) electrons. The molecule has 0 saturated carbocycles. The second-order valence-corrected chi connectivity index (χ2v) is 3.51. The summed E-state index contributed by atoms with van der Waals surface area (Å²) in [5, 5.41) is 9.64. The van der Waals surface area contributed by atoms with Gasteiger partial charge in [-0.3, -0.25) is 0 Å². The van der Waals surface area contributed by atoms with Crippen LogP contribution in [0.1, 0.15) is 30.9 Å². The van der Waals surface area contributed by atoms with Gasteiger partial charge in [0.25, 0.3) is 0 Å². The molecule has 0 aliphatic heterocycles. The normalized spacial score (nSPS) is 10.8. The number of benzene rings is 1. The second kappa shape index (κ2) is 3.92. The van der Waals surface area contributed by atoms with Gasteiger partial charge in [-0.15, -0.1) is 0 Å². The minimum absolute atomic E-state index is 0.0133. The highest BCUT2D eigenvalue weighted by Gasteiger charge is 2.07. The van der Waals surface area contributed by atoms with Crippen molar-refractivity contribution >= 4 is 11.6 Å². The van der Waals surface area contributed by atoms with E-state index in [4.69, 9.17) is 16.7 Å². The first kappa shape index (κ1) is 9.56. The molecule has 0 spiro atoms. The smallest absolute Gasteiger partial charge is 0.0696 e. The van der Waals surface area contributed by atoms with Crippen LogP contribution in [0, 0.1) is 0 Å². The topological polar surface area (TPSA) is 20.2 Å². The number of aliphatic hydroxyl groups is 1. The molecule has 0 unspecified atom stereocenters. The van der Waals surface area contributed by atoms with Crippen LogP contribution in [0.5, 0.6) is 0 Å². The Kier molecular flexibility index (Phi) is 3.12. The summed E-state index contributed by atoms with van der Waals surface area (Å²) in [4.78, 5) is 0. The highest BCUT2D eigenvalue weighted by Crippen LogP contribution is 2.27. The van der Waals surface area contributed by atoms with E-state index in [2.05, 4.69) is 13.8 Å². The average Bonchev–Trinajstić information content (AvgIpc) is 2.04. The molecular formula is C10H13ClO. The summed E-state index contributed by atoms with van der Waals surface area (Å²) in [5.41, 5.74) is 1.91. The predicted molar refractivity (Wildman–Crippen MR) is 51.5 cm³/mol. The van der Waals surface area contributed by atoms with E-state index >= 15 is 0 Å². The lowest BCUT2D eigenvalue weighted by atomic mass is 10.0. The predicted octanol–water partition coefficient (Wildman–Crippen LogP) is 2.96. The first-order chi connectivity index (χ1) is 5.66. The molecule has 0 amide bonds. The Morgan fingerprint density at radius 1 is 1.42 bits per heavy atom. The molecule has 0 bridgehead atoms. The largest absolute Gasteiger partial charge is 0.392 e. The Morgan fingerprint density at radius 2 is 2.08 bits per heavy atom. The molecule has 0 aliphatic carbocycles. The van der Waals surface area contributed by atoms with Crippen LogP contribution in [0.4, 0.5) is 0 Å². The second-order valence-electron chi connectivity index (χ2n) is 3.13. The van der Waals surface area contributed by atoms with Crippen LogP contribution in [0.2, 0.25) is 5.02 Å². The minimum Gasteiger partial charge on any atom is -0.392 e. The monoisotopic (exact) mass is 184 g/mol. The van der Waals surface area contributed by atoms with Crippen molar-refractivity contribution in [1.29, 1.82) is 0 Å². The summed E-state index contributed by atoms with van der Waals surface area (Å²) in [6, 6.07) is 5.76. The first-order valence-electron chi connectivity index (χ1n) is 4.05. The van der Waals surface area contributed by atoms with Crippen molar-refractivity contribution in [2.24, 2.45) is 0 Å². The fourth-order valence-electron chi connectivity index (χ4n) is 1.17. The Morgan fingerprint density at radius 3 is 2.58 bits per heavy atom. The molecule has 12 heavy (non-hydrogen) atoms. The molecule has 1 aromatic rings. The molecule has 2 heteroatoms. The van der Waals surface area contributed by atoms with Crippen molar-refractivity contribution in [3.8, 4) is 0 Å². The van der Waals surface area contributed by atoms with E-state index in [9.17, 15) is 0 Å². The quantitative estimate of drug-likeness (QED) is 0.750. The van der Waals surface area contributed by atoms with Gasteiger partial charge in [-0.1, -0.05) is 43.6 Å². The zero-order chi connectivity index (χ0) is 9.14. The van der Waals surface area contributed by atoms with E-state index in [1.54, 1.807) is 0 Å². The summed E-state index contributed by atoms with van der Waals surface area (Å²) in [5.74, 6) is 0.406.